The highest BCUT2D eigenvalue weighted by molar-refractivity contribution is 7.92. The minimum absolute atomic E-state index is 0.00351. The van der Waals surface area contributed by atoms with Crippen LogP contribution >= 0.6 is 0 Å². The predicted octanol–water partition coefficient (Wildman–Crippen LogP) is 0.0600. The molecule has 0 saturated carbocycles. The number of likely N-dealkylation sites (N-methyl/N-ethyl adjacent to an activating group) is 1. The number of aromatic nitrogens is 2. The number of piperazine rings is 1. The van der Waals surface area contributed by atoms with Crippen molar-refractivity contribution in [3.63, 3.8) is 0 Å². The van der Waals surface area contributed by atoms with Crippen molar-refractivity contribution in [3.8, 4) is 0 Å². The van der Waals surface area contributed by atoms with E-state index in [1.807, 2.05) is 17.8 Å². The highest BCUT2D eigenvalue weighted by Crippen LogP contribution is 2.23. The lowest BCUT2D eigenvalue weighted by Crippen LogP contribution is -2.52. The van der Waals surface area contributed by atoms with E-state index in [9.17, 15) is 13.2 Å². The quantitative estimate of drug-likeness (QED) is 0.764. The number of carbonyl (C=O) groups excluding carboxylic acids is 1. The Kier molecular flexibility index (Phi) is 5.23. The smallest absolute Gasteiger partial charge is 0.237 e. The number of hydrogen-bond donors (Lipinski definition) is 0. The molecule has 1 fully saturated rings. The van der Waals surface area contributed by atoms with Crippen molar-refractivity contribution in [2.75, 3.05) is 37.7 Å². The van der Waals surface area contributed by atoms with Crippen molar-refractivity contribution in [1.29, 1.82) is 0 Å². The Hall–Kier alpha value is -1.41. The predicted molar refractivity (Wildman–Crippen MR) is 84.1 cm³/mol. The van der Waals surface area contributed by atoms with Gasteiger partial charge in [-0.2, -0.15) is 0 Å². The van der Waals surface area contributed by atoms with E-state index >= 15 is 0 Å². The molecule has 124 valence electrons. The summed E-state index contributed by atoms with van der Waals surface area (Å²) in [5, 5.41) is 0. The van der Waals surface area contributed by atoms with Gasteiger partial charge in [-0.25, -0.2) is 13.4 Å². The lowest BCUT2D eigenvalue weighted by Gasteiger charge is -2.40. The Morgan fingerprint density at radius 2 is 2.09 bits per heavy atom. The van der Waals surface area contributed by atoms with Gasteiger partial charge in [-0.1, -0.05) is 13.8 Å². The molecule has 2 rings (SSSR count). The first-order valence-electron chi connectivity index (χ1n) is 7.57. The summed E-state index contributed by atoms with van der Waals surface area (Å²) < 4.78 is 25.3. The maximum Gasteiger partial charge on any atom is 0.237 e. The molecule has 22 heavy (non-hydrogen) atoms. The van der Waals surface area contributed by atoms with Crippen molar-refractivity contribution in [1.82, 2.24) is 19.4 Å². The molecule has 8 heteroatoms. The summed E-state index contributed by atoms with van der Waals surface area (Å²) in [7, 11) is -1.36. The van der Waals surface area contributed by atoms with Crippen molar-refractivity contribution in [2.45, 2.75) is 19.9 Å². The van der Waals surface area contributed by atoms with Crippen molar-refractivity contribution >= 4 is 15.7 Å². The van der Waals surface area contributed by atoms with Gasteiger partial charge in [-0.15, -0.1) is 0 Å². The first-order chi connectivity index (χ1) is 10.4. The number of rotatable bonds is 5. The van der Waals surface area contributed by atoms with Gasteiger partial charge in [0.1, 0.15) is 11.6 Å². The molecule has 0 radical (unpaired) electrons. The number of amides is 1. The van der Waals surface area contributed by atoms with Crippen molar-refractivity contribution < 1.29 is 13.2 Å². The number of hydrogen-bond acceptors (Lipinski definition) is 5. The molecule has 0 N–H and O–H groups in total. The highest BCUT2D eigenvalue weighted by atomic mass is 32.2. The molecular formula is C14H24N4O3S. The lowest BCUT2D eigenvalue weighted by molar-refractivity contribution is -0.131. The van der Waals surface area contributed by atoms with Gasteiger partial charge in [-0.3, -0.25) is 9.69 Å². The Labute approximate surface area is 131 Å². The van der Waals surface area contributed by atoms with E-state index in [0.717, 1.165) is 18.9 Å². The Morgan fingerprint density at radius 3 is 2.64 bits per heavy atom. The van der Waals surface area contributed by atoms with Gasteiger partial charge in [0.2, 0.25) is 5.91 Å². The van der Waals surface area contributed by atoms with Crippen LogP contribution in [0.5, 0.6) is 0 Å². The molecule has 1 aromatic heterocycles. The van der Waals surface area contributed by atoms with E-state index in [1.165, 1.54) is 0 Å². The standard InChI is InChI=1S/C14H24N4O3S/c1-4-17-8-9-18(13(19)11-22(20,21)5-2)10-12(17)14-15-6-7-16(14)3/h6-7,12H,4-5,8-11H2,1-3H3/t12-/m0/s1. The molecule has 0 spiro atoms. The fourth-order valence-electron chi connectivity index (χ4n) is 2.75. The highest BCUT2D eigenvalue weighted by Gasteiger charge is 2.32. The van der Waals surface area contributed by atoms with Gasteiger partial charge in [-0.05, 0) is 6.54 Å². The molecule has 7 nitrogen and oxygen atoms in total. The second-order valence-corrected chi connectivity index (χ2v) is 7.91. The van der Waals surface area contributed by atoms with E-state index in [4.69, 9.17) is 0 Å². The van der Waals surface area contributed by atoms with Crippen LogP contribution in [0.3, 0.4) is 0 Å². The van der Waals surface area contributed by atoms with Crippen molar-refractivity contribution in [3.05, 3.63) is 18.2 Å². The molecule has 2 heterocycles. The normalized spacial score (nSPS) is 20.3. The second-order valence-electron chi connectivity index (χ2n) is 5.56. The third-order valence-corrected chi connectivity index (χ3v) is 5.76. The van der Waals surface area contributed by atoms with Gasteiger partial charge < -0.3 is 9.47 Å². The van der Waals surface area contributed by atoms with Gasteiger partial charge in [0, 0.05) is 44.8 Å². The first-order valence-corrected chi connectivity index (χ1v) is 9.39. The van der Waals surface area contributed by atoms with Gasteiger partial charge in [0.15, 0.2) is 9.84 Å². The maximum absolute atomic E-state index is 12.3. The van der Waals surface area contributed by atoms with E-state index in [1.54, 1.807) is 18.0 Å². The zero-order valence-corrected chi connectivity index (χ0v) is 14.2. The number of aryl methyl sites for hydroxylation is 1. The molecule has 1 atom stereocenters. The summed E-state index contributed by atoms with van der Waals surface area (Å²) in [4.78, 5) is 20.6. The average molecular weight is 328 g/mol. The molecule has 0 aromatic carbocycles. The summed E-state index contributed by atoms with van der Waals surface area (Å²) in [6.45, 7) is 6.28. The number of imidazole rings is 1. The minimum atomic E-state index is -3.29. The maximum atomic E-state index is 12.3. The first kappa shape index (κ1) is 17.0. The average Bonchev–Trinajstić information content (AvgIpc) is 2.92. The van der Waals surface area contributed by atoms with Crippen LogP contribution < -0.4 is 0 Å². The zero-order valence-electron chi connectivity index (χ0n) is 13.4. The SMILES string of the molecule is CCN1CCN(C(=O)CS(=O)(=O)CC)C[C@H]1c1nccn1C. The Balaban J connectivity index is 2.14. The molecule has 0 bridgehead atoms. The monoisotopic (exact) mass is 328 g/mol. The Morgan fingerprint density at radius 1 is 1.36 bits per heavy atom. The summed E-state index contributed by atoms with van der Waals surface area (Å²) in [5.41, 5.74) is 0. The largest absolute Gasteiger partial charge is 0.338 e. The fraction of sp³-hybridized carbons (Fsp3) is 0.714. The van der Waals surface area contributed by atoms with Crippen LogP contribution in [-0.2, 0) is 21.7 Å². The molecule has 1 aliphatic heterocycles. The third-order valence-electron chi connectivity index (χ3n) is 4.19. The van der Waals surface area contributed by atoms with E-state index < -0.39 is 15.6 Å². The minimum Gasteiger partial charge on any atom is -0.338 e. The van der Waals surface area contributed by atoms with Gasteiger partial charge in [0.25, 0.3) is 0 Å². The number of carbonyl (C=O) groups is 1. The van der Waals surface area contributed by atoms with Gasteiger partial charge >= 0.3 is 0 Å². The molecule has 1 amide bonds. The summed E-state index contributed by atoms with van der Waals surface area (Å²) in [6.07, 6.45) is 3.62. The Bertz CT molecular complexity index is 626. The van der Waals surface area contributed by atoms with Crippen LogP contribution in [-0.4, -0.2) is 71.4 Å². The molecule has 1 saturated heterocycles. The molecule has 0 unspecified atom stereocenters. The van der Waals surface area contributed by atoms with Crippen molar-refractivity contribution in [2.24, 2.45) is 7.05 Å². The summed E-state index contributed by atoms with van der Waals surface area (Å²) >= 11 is 0. The van der Waals surface area contributed by atoms with E-state index in [-0.39, 0.29) is 17.7 Å². The number of nitrogens with zero attached hydrogens (tertiary/aromatic N) is 4. The molecule has 1 aromatic rings. The zero-order chi connectivity index (χ0) is 16.3. The molecular weight excluding hydrogens is 304 g/mol. The van der Waals surface area contributed by atoms with Crippen LogP contribution in [0.25, 0.3) is 0 Å². The number of sulfone groups is 1. The second kappa shape index (κ2) is 6.78. The lowest BCUT2D eigenvalue weighted by atomic mass is 10.1. The van der Waals surface area contributed by atoms with E-state index in [2.05, 4.69) is 16.8 Å². The van der Waals surface area contributed by atoms with Crippen LogP contribution in [0.4, 0.5) is 0 Å². The third kappa shape index (κ3) is 3.67. The van der Waals surface area contributed by atoms with E-state index in [0.29, 0.717) is 13.1 Å². The summed E-state index contributed by atoms with van der Waals surface area (Å²) in [6, 6.07) is 0.00651. The van der Waals surface area contributed by atoms with Gasteiger partial charge in [0.05, 0.1) is 6.04 Å². The van der Waals surface area contributed by atoms with Crippen LogP contribution in [0.1, 0.15) is 25.7 Å². The summed E-state index contributed by atoms with van der Waals surface area (Å²) in [5.74, 6) is 0.189. The van der Waals surface area contributed by atoms with Crippen LogP contribution in [0.15, 0.2) is 12.4 Å². The van der Waals surface area contributed by atoms with Crippen LogP contribution in [0, 0.1) is 0 Å². The molecule has 1 aliphatic rings. The van der Waals surface area contributed by atoms with Crippen LogP contribution in [0.2, 0.25) is 0 Å². The topological polar surface area (TPSA) is 75.5 Å². The molecule has 0 aliphatic carbocycles. The fourth-order valence-corrected chi connectivity index (χ4v) is 3.51.